The van der Waals surface area contributed by atoms with Gasteiger partial charge in [-0.1, -0.05) is 30.7 Å². The smallest absolute Gasteiger partial charge is 0.306 e. The molecule has 0 amide bonds. The Morgan fingerprint density at radius 2 is 1.50 bits per heavy atom. The Labute approximate surface area is 179 Å². The first-order valence-electron chi connectivity index (χ1n) is 10.1. The van der Waals surface area contributed by atoms with Crippen molar-refractivity contribution in [2.75, 3.05) is 0 Å². The molecule has 0 saturated carbocycles. The van der Waals surface area contributed by atoms with Crippen molar-refractivity contribution in [3.8, 4) is 5.75 Å². The highest BCUT2D eigenvalue weighted by Gasteiger charge is 2.15. The lowest BCUT2D eigenvalue weighted by Crippen LogP contribution is -2.23. The first kappa shape index (κ1) is 23.9. The average Bonchev–Trinajstić information content (AvgIpc) is 2.65. The van der Waals surface area contributed by atoms with Gasteiger partial charge >= 0.3 is 5.97 Å². The van der Waals surface area contributed by atoms with E-state index in [1.54, 1.807) is 12.1 Å². The fraction of sp³-hybridized carbons (Fsp3) is 0.435. The average molecular weight is 434 g/mol. The summed E-state index contributed by atoms with van der Waals surface area (Å²) in [5.74, 6) is 0.447. The number of carbonyl (C=O) groups is 1. The van der Waals surface area contributed by atoms with Gasteiger partial charge in [0.1, 0.15) is 18.0 Å². The summed E-state index contributed by atoms with van der Waals surface area (Å²) in [6.07, 6.45) is 4.27. The molecule has 0 radical (unpaired) electrons. The zero-order chi connectivity index (χ0) is 22.2. The number of esters is 1. The van der Waals surface area contributed by atoms with Crippen molar-refractivity contribution in [2.45, 2.75) is 70.0 Å². The summed E-state index contributed by atoms with van der Waals surface area (Å²) >= 11 is 0. The molecule has 0 bridgehead atoms. The normalized spacial score (nSPS) is 11.9. The zero-order valence-electron chi connectivity index (χ0n) is 17.9. The Hall–Kier alpha value is -2.38. The van der Waals surface area contributed by atoms with E-state index in [-0.39, 0.29) is 10.9 Å². The third-order valence-electron chi connectivity index (χ3n) is 4.35. The number of primary sulfonamides is 1. The van der Waals surface area contributed by atoms with Crippen LogP contribution in [0.25, 0.3) is 0 Å². The van der Waals surface area contributed by atoms with Crippen molar-refractivity contribution in [1.82, 2.24) is 0 Å². The summed E-state index contributed by atoms with van der Waals surface area (Å²) in [6.45, 7) is 6.03. The largest absolute Gasteiger partial charge is 0.489 e. The molecule has 0 aromatic heterocycles. The fourth-order valence-corrected chi connectivity index (χ4v) is 3.38. The van der Waals surface area contributed by atoms with Crippen LogP contribution in [0.4, 0.5) is 0 Å². The predicted molar refractivity (Wildman–Crippen MR) is 117 cm³/mol. The molecule has 0 aliphatic carbocycles. The second-order valence-corrected chi connectivity index (χ2v) is 9.83. The minimum absolute atomic E-state index is 0.0605. The molecular formula is C23H31NO5S. The molecule has 2 N–H and O–H groups in total. The number of hydrogen-bond donors (Lipinski definition) is 1. The third-order valence-corrected chi connectivity index (χ3v) is 5.28. The van der Waals surface area contributed by atoms with Gasteiger partial charge in [-0.25, -0.2) is 13.6 Å². The minimum Gasteiger partial charge on any atom is -0.489 e. The van der Waals surface area contributed by atoms with E-state index in [2.05, 4.69) is 12.1 Å². The Morgan fingerprint density at radius 1 is 0.900 bits per heavy atom. The van der Waals surface area contributed by atoms with Gasteiger partial charge in [0.05, 0.1) is 4.90 Å². The molecule has 0 atom stereocenters. The Bertz CT molecular complexity index is 914. The SMILES string of the molecule is CC(C)(C)OC(=O)CCCCCc1ccc(COc2ccc(S(N)(=O)=O)cc2)cc1. The van der Waals surface area contributed by atoms with E-state index in [1.165, 1.54) is 17.7 Å². The highest BCUT2D eigenvalue weighted by atomic mass is 32.2. The van der Waals surface area contributed by atoms with Crippen LogP contribution in [0.15, 0.2) is 53.4 Å². The van der Waals surface area contributed by atoms with E-state index >= 15 is 0 Å². The molecule has 7 heteroatoms. The monoisotopic (exact) mass is 433 g/mol. The van der Waals surface area contributed by atoms with E-state index in [0.717, 1.165) is 31.2 Å². The van der Waals surface area contributed by atoms with Gasteiger partial charge < -0.3 is 9.47 Å². The van der Waals surface area contributed by atoms with E-state index in [0.29, 0.717) is 18.8 Å². The Morgan fingerprint density at radius 3 is 2.07 bits per heavy atom. The summed E-state index contributed by atoms with van der Waals surface area (Å²) in [4.78, 5) is 11.7. The molecule has 0 fully saturated rings. The summed E-state index contributed by atoms with van der Waals surface area (Å²) in [6, 6.07) is 14.2. The first-order valence-corrected chi connectivity index (χ1v) is 11.6. The Balaban J connectivity index is 1.69. The molecule has 6 nitrogen and oxygen atoms in total. The molecule has 0 heterocycles. The van der Waals surface area contributed by atoms with E-state index < -0.39 is 15.6 Å². The van der Waals surface area contributed by atoms with Gasteiger partial charge in [-0.15, -0.1) is 0 Å². The van der Waals surface area contributed by atoms with Gasteiger partial charge in [0.15, 0.2) is 0 Å². The van der Waals surface area contributed by atoms with Crippen LogP contribution in [-0.4, -0.2) is 20.0 Å². The second kappa shape index (κ2) is 10.6. The molecule has 0 aliphatic heterocycles. The lowest BCUT2D eigenvalue weighted by molar-refractivity contribution is -0.154. The summed E-state index contributed by atoms with van der Waals surface area (Å²) in [7, 11) is -3.69. The van der Waals surface area contributed by atoms with Crippen molar-refractivity contribution in [3.05, 3.63) is 59.7 Å². The Kier molecular flexibility index (Phi) is 8.43. The molecular weight excluding hydrogens is 402 g/mol. The van der Waals surface area contributed by atoms with Crippen molar-refractivity contribution < 1.29 is 22.7 Å². The van der Waals surface area contributed by atoms with Crippen molar-refractivity contribution in [3.63, 3.8) is 0 Å². The van der Waals surface area contributed by atoms with Gasteiger partial charge in [0.2, 0.25) is 10.0 Å². The molecule has 0 spiro atoms. The summed E-state index contributed by atoms with van der Waals surface area (Å²) in [5.41, 5.74) is 1.85. The fourth-order valence-electron chi connectivity index (χ4n) is 2.86. The maximum absolute atomic E-state index is 11.7. The maximum atomic E-state index is 11.7. The number of ether oxygens (including phenoxy) is 2. The highest BCUT2D eigenvalue weighted by Crippen LogP contribution is 2.17. The molecule has 30 heavy (non-hydrogen) atoms. The third kappa shape index (κ3) is 8.97. The maximum Gasteiger partial charge on any atom is 0.306 e. The zero-order valence-corrected chi connectivity index (χ0v) is 18.7. The minimum atomic E-state index is -3.69. The molecule has 0 aliphatic rings. The van der Waals surface area contributed by atoms with Gasteiger partial charge in [0.25, 0.3) is 0 Å². The summed E-state index contributed by atoms with van der Waals surface area (Å²) in [5, 5.41) is 5.08. The first-order chi connectivity index (χ1) is 14.0. The van der Waals surface area contributed by atoms with Crippen LogP contribution in [0.3, 0.4) is 0 Å². The standard InChI is InChI=1S/C23H31NO5S/c1-23(2,3)29-22(25)8-6-4-5-7-18-9-11-19(12-10-18)17-28-20-13-15-21(16-14-20)30(24,26)27/h9-16H,4-8,17H2,1-3H3,(H2,24,26,27). The van der Waals surface area contributed by atoms with Crippen LogP contribution in [-0.2, 0) is 32.6 Å². The molecule has 0 saturated heterocycles. The van der Waals surface area contributed by atoms with Gasteiger partial charge in [-0.2, -0.15) is 0 Å². The number of hydrogen-bond acceptors (Lipinski definition) is 5. The predicted octanol–water partition coefficient (Wildman–Crippen LogP) is 4.36. The number of rotatable bonds is 10. The van der Waals surface area contributed by atoms with Crippen LogP contribution in [0, 0.1) is 0 Å². The quantitative estimate of drug-likeness (QED) is 0.444. The van der Waals surface area contributed by atoms with E-state index in [9.17, 15) is 13.2 Å². The molecule has 2 aromatic carbocycles. The number of aryl methyl sites for hydroxylation is 1. The van der Waals surface area contributed by atoms with Crippen molar-refractivity contribution in [1.29, 1.82) is 0 Å². The van der Waals surface area contributed by atoms with Gasteiger partial charge in [0, 0.05) is 6.42 Å². The van der Waals surface area contributed by atoms with Crippen LogP contribution >= 0.6 is 0 Å². The second-order valence-electron chi connectivity index (χ2n) is 8.27. The number of sulfonamides is 1. The van der Waals surface area contributed by atoms with Crippen LogP contribution in [0.1, 0.15) is 57.6 Å². The summed E-state index contributed by atoms with van der Waals surface area (Å²) < 4.78 is 33.5. The topological polar surface area (TPSA) is 95.7 Å². The van der Waals surface area contributed by atoms with E-state index in [1.807, 2.05) is 32.9 Å². The molecule has 164 valence electrons. The molecule has 0 unspecified atom stereocenters. The van der Waals surface area contributed by atoms with Crippen molar-refractivity contribution >= 4 is 16.0 Å². The van der Waals surface area contributed by atoms with Crippen LogP contribution in [0.2, 0.25) is 0 Å². The highest BCUT2D eigenvalue weighted by molar-refractivity contribution is 7.89. The molecule has 2 aromatic rings. The van der Waals surface area contributed by atoms with Crippen molar-refractivity contribution in [2.24, 2.45) is 5.14 Å². The van der Waals surface area contributed by atoms with Gasteiger partial charge in [-0.3, -0.25) is 4.79 Å². The van der Waals surface area contributed by atoms with Gasteiger partial charge in [-0.05, 0) is 75.4 Å². The molecule has 2 rings (SSSR count). The number of carbonyl (C=O) groups excluding carboxylic acids is 1. The number of unbranched alkanes of at least 4 members (excludes halogenated alkanes) is 2. The van der Waals surface area contributed by atoms with Crippen LogP contribution < -0.4 is 9.88 Å². The lowest BCUT2D eigenvalue weighted by Gasteiger charge is -2.19. The van der Waals surface area contributed by atoms with Crippen LogP contribution in [0.5, 0.6) is 5.75 Å². The number of nitrogens with two attached hydrogens (primary N) is 1. The lowest BCUT2D eigenvalue weighted by atomic mass is 10.0. The number of benzene rings is 2. The van der Waals surface area contributed by atoms with E-state index in [4.69, 9.17) is 14.6 Å².